The van der Waals surface area contributed by atoms with Crippen LogP contribution in [0.1, 0.15) is 25.5 Å². The van der Waals surface area contributed by atoms with Crippen LogP contribution in [0.3, 0.4) is 0 Å². The standard InChI is InChI=1S/C15H23N3O6S/c1-5-24-14(20)11-7-6-8-18(9-11)25(22,23)12-10(2)16(3)15(21)17(4)13(12)19/h11H,5-9H2,1-4H3/t11-/m0/s1. The second-order valence-corrected chi connectivity index (χ2v) is 7.95. The molecule has 1 fully saturated rings. The molecule has 25 heavy (non-hydrogen) atoms. The number of ether oxygens (including phenoxy) is 1. The van der Waals surface area contributed by atoms with E-state index in [9.17, 15) is 22.8 Å². The lowest BCUT2D eigenvalue weighted by molar-refractivity contribution is -0.149. The third kappa shape index (κ3) is 3.40. The van der Waals surface area contributed by atoms with Crippen LogP contribution in [0.25, 0.3) is 0 Å². The second kappa shape index (κ2) is 7.12. The first kappa shape index (κ1) is 19.4. The number of sulfonamides is 1. The molecule has 0 aliphatic carbocycles. The van der Waals surface area contributed by atoms with Crippen molar-refractivity contribution in [1.29, 1.82) is 0 Å². The molecule has 0 saturated carbocycles. The van der Waals surface area contributed by atoms with Gasteiger partial charge in [-0.3, -0.25) is 18.7 Å². The Bertz CT molecular complexity index is 899. The van der Waals surface area contributed by atoms with Gasteiger partial charge in [0.2, 0.25) is 10.0 Å². The molecule has 1 aromatic rings. The fourth-order valence-corrected chi connectivity index (χ4v) is 4.83. The lowest BCUT2D eigenvalue weighted by Gasteiger charge is -2.31. The summed E-state index contributed by atoms with van der Waals surface area (Å²) in [4.78, 5) is 35.9. The van der Waals surface area contributed by atoms with E-state index < -0.39 is 38.1 Å². The van der Waals surface area contributed by atoms with Crippen LogP contribution in [-0.4, -0.2) is 47.5 Å². The van der Waals surface area contributed by atoms with Gasteiger partial charge in [0.15, 0.2) is 4.90 Å². The van der Waals surface area contributed by atoms with Crippen molar-refractivity contribution in [2.24, 2.45) is 20.0 Å². The first-order valence-corrected chi connectivity index (χ1v) is 9.50. The lowest BCUT2D eigenvalue weighted by atomic mass is 10.0. The number of carbonyl (C=O) groups is 1. The Kier molecular flexibility index (Phi) is 5.52. The Hall–Kier alpha value is -1.94. The third-order valence-corrected chi connectivity index (χ3v) is 6.50. The SMILES string of the molecule is CCOC(=O)[C@H]1CCCN(S(=O)(=O)c2c(C)n(C)c(=O)n(C)c2=O)C1. The van der Waals surface area contributed by atoms with Gasteiger partial charge < -0.3 is 4.74 Å². The highest BCUT2D eigenvalue weighted by atomic mass is 32.2. The summed E-state index contributed by atoms with van der Waals surface area (Å²) in [7, 11) is -1.49. The zero-order valence-electron chi connectivity index (χ0n) is 14.8. The van der Waals surface area contributed by atoms with Crippen LogP contribution in [0.2, 0.25) is 0 Å². The number of piperidine rings is 1. The van der Waals surface area contributed by atoms with Crippen LogP contribution in [0.4, 0.5) is 0 Å². The zero-order valence-corrected chi connectivity index (χ0v) is 15.6. The molecule has 140 valence electrons. The van der Waals surface area contributed by atoms with Crippen molar-refractivity contribution in [3.63, 3.8) is 0 Å². The summed E-state index contributed by atoms with van der Waals surface area (Å²) in [5, 5.41) is 0. The van der Waals surface area contributed by atoms with Crippen molar-refractivity contribution >= 4 is 16.0 Å². The number of rotatable bonds is 4. The molecule has 0 N–H and O–H groups in total. The second-order valence-electron chi connectivity index (χ2n) is 6.07. The van der Waals surface area contributed by atoms with Gasteiger partial charge in [0, 0.05) is 32.9 Å². The third-order valence-electron chi connectivity index (χ3n) is 4.51. The van der Waals surface area contributed by atoms with Gasteiger partial charge >= 0.3 is 11.7 Å². The molecule has 9 nitrogen and oxygen atoms in total. The van der Waals surface area contributed by atoms with Crippen molar-refractivity contribution in [3.8, 4) is 0 Å². The van der Waals surface area contributed by atoms with Crippen molar-refractivity contribution in [3.05, 3.63) is 26.5 Å². The number of aromatic nitrogens is 2. The summed E-state index contributed by atoms with van der Waals surface area (Å²) in [6, 6.07) is 0. The van der Waals surface area contributed by atoms with Crippen molar-refractivity contribution in [1.82, 2.24) is 13.4 Å². The van der Waals surface area contributed by atoms with E-state index in [0.29, 0.717) is 12.8 Å². The highest BCUT2D eigenvalue weighted by Crippen LogP contribution is 2.24. The molecule has 1 atom stereocenters. The van der Waals surface area contributed by atoms with Gasteiger partial charge in [0.25, 0.3) is 5.56 Å². The minimum Gasteiger partial charge on any atom is -0.466 e. The number of hydrogen-bond acceptors (Lipinski definition) is 6. The van der Waals surface area contributed by atoms with Crippen LogP contribution in [0.15, 0.2) is 14.5 Å². The van der Waals surface area contributed by atoms with Crippen LogP contribution < -0.4 is 11.2 Å². The van der Waals surface area contributed by atoms with E-state index in [-0.39, 0.29) is 25.4 Å². The lowest BCUT2D eigenvalue weighted by Crippen LogP contribution is -2.47. The molecule has 0 spiro atoms. The van der Waals surface area contributed by atoms with Crippen LogP contribution >= 0.6 is 0 Å². The fraction of sp³-hybridized carbons (Fsp3) is 0.667. The van der Waals surface area contributed by atoms with E-state index in [0.717, 1.165) is 13.4 Å². The molecule has 1 aliphatic rings. The van der Waals surface area contributed by atoms with E-state index in [2.05, 4.69) is 0 Å². The highest BCUT2D eigenvalue weighted by molar-refractivity contribution is 7.89. The Morgan fingerprint density at radius 1 is 1.24 bits per heavy atom. The highest BCUT2D eigenvalue weighted by Gasteiger charge is 2.37. The Morgan fingerprint density at radius 3 is 2.48 bits per heavy atom. The summed E-state index contributed by atoms with van der Waals surface area (Å²) in [6.45, 7) is 3.51. The van der Waals surface area contributed by atoms with Crippen LogP contribution in [0.5, 0.6) is 0 Å². The average Bonchev–Trinajstić information content (AvgIpc) is 2.58. The molecular weight excluding hydrogens is 350 g/mol. The first-order valence-electron chi connectivity index (χ1n) is 8.06. The monoisotopic (exact) mass is 373 g/mol. The van der Waals surface area contributed by atoms with Gasteiger partial charge in [-0.15, -0.1) is 0 Å². The largest absolute Gasteiger partial charge is 0.466 e. The molecule has 0 radical (unpaired) electrons. The zero-order chi connectivity index (χ0) is 18.9. The Morgan fingerprint density at radius 2 is 1.88 bits per heavy atom. The van der Waals surface area contributed by atoms with E-state index in [1.807, 2.05) is 0 Å². The molecule has 0 aromatic carbocycles. The predicted molar refractivity (Wildman–Crippen MR) is 89.8 cm³/mol. The van der Waals surface area contributed by atoms with Crippen LogP contribution in [-0.2, 0) is 33.7 Å². The summed E-state index contributed by atoms with van der Waals surface area (Å²) >= 11 is 0. The van der Waals surface area contributed by atoms with Crippen molar-refractivity contribution < 1.29 is 17.9 Å². The molecule has 10 heteroatoms. The van der Waals surface area contributed by atoms with E-state index in [4.69, 9.17) is 4.74 Å². The maximum Gasteiger partial charge on any atom is 0.330 e. The molecule has 1 aliphatic heterocycles. The smallest absolute Gasteiger partial charge is 0.330 e. The number of nitrogens with zero attached hydrogens (tertiary/aromatic N) is 3. The minimum atomic E-state index is -4.13. The van der Waals surface area contributed by atoms with Gasteiger partial charge in [-0.1, -0.05) is 0 Å². The first-order chi connectivity index (χ1) is 11.6. The van der Waals surface area contributed by atoms with Gasteiger partial charge in [-0.25, -0.2) is 13.2 Å². The summed E-state index contributed by atoms with van der Waals surface area (Å²) < 4.78 is 34.0. The average molecular weight is 373 g/mol. The molecule has 2 rings (SSSR count). The fourth-order valence-electron chi connectivity index (χ4n) is 2.95. The maximum absolute atomic E-state index is 13.0. The van der Waals surface area contributed by atoms with Gasteiger partial charge in [0.05, 0.1) is 12.5 Å². The number of carbonyl (C=O) groups excluding carboxylic acids is 1. The molecule has 1 aromatic heterocycles. The summed E-state index contributed by atoms with van der Waals surface area (Å²) in [6.07, 6.45) is 1.03. The molecule has 0 bridgehead atoms. The van der Waals surface area contributed by atoms with Gasteiger partial charge in [0.1, 0.15) is 0 Å². The Labute approximate surface area is 145 Å². The molecule has 0 amide bonds. The molecular formula is C15H23N3O6S. The van der Waals surface area contributed by atoms with E-state index >= 15 is 0 Å². The van der Waals surface area contributed by atoms with E-state index in [1.54, 1.807) is 6.92 Å². The van der Waals surface area contributed by atoms with Crippen molar-refractivity contribution in [2.75, 3.05) is 19.7 Å². The quantitative estimate of drug-likeness (QED) is 0.650. The van der Waals surface area contributed by atoms with Crippen LogP contribution in [0, 0.1) is 12.8 Å². The molecule has 1 saturated heterocycles. The number of hydrogen-bond donors (Lipinski definition) is 0. The summed E-state index contributed by atoms with van der Waals surface area (Å²) in [5.74, 6) is -0.993. The molecule has 0 unspecified atom stereocenters. The predicted octanol–water partition coefficient (Wildman–Crippen LogP) is -0.644. The maximum atomic E-state index is 13.0. The number of esters is 1. The summed E-state index contributed by atoms with van der Waals surface area (Å²) in [5.41, 5.74) is -1.38. The van der Waals surface area contributed by atoms with E-state index in [1.165, 1.54) is 21.0 Å². The Balaban J connectivity index is 2.48. The van der Waals surface area contributed by atoms with Gasteiger partial charge in [-0.2, -0.15) is 4.31 Å². The molecule has 2 heterocycles. The normalized spacial score (nSPS) is 19.0. The topological polar surface area (TPSA) is 108 Å². The minimum absolute atomic E-state index is 0.0351. The van der Waals surface area contributed by atoms with Gasteiger partial charge in [-0.05, 0) is 26.7 Å². The van der Waals surface area contributed by atoms with Crippen molar-refractivity contribution in [2.45, 2.75) is 31.6 Å².